The van der Waals surface area contributed by atoms with E-state index in [2.05, 4.69) is 21.4 Å². The molecule has 0 saturated carbocycles. The van der Waals surface area contributed by atoms with E-state index in [0.717, 1.165) is 10.0 Å². The van der Waals surface area contributed by atoms with E-state index < -0.39 is 35.0 Å². The molecule has 1 aliphatic rings. The van der Waals surface area contributed by atoms with Gasteiger partial charge in [0.1, 0.15) is 23.1 Å². The molecule has 1 aromatic carbocycles. The smallest absolute Gasteiger partial charge is 0.431 e. The van der Waals surface area contributed by atoms with E-state index in [-0.39, 0.29) is 0 Å². The zero-order valence-corrected chi connectivity index (χ0v) is 19.6. The van der Waals surface area contributed by atoms with E-state index in [4.69, 9.17) is 19.0 Å². The normalized spacial score (nSPS) is 18.7. The summed E-state index contributed by atoms with van der Waals surface area (Å²) in [4.78, 5) is 30.7. The average molecular weight is 472 g/mol. The van der Waals surface area contributed by atoms with Gasteiger partial charge in [0.25, 0.3) is 0 Å². The second kappa shape index (κ2) is 8.52. The van der Waals surface area contributed by atoms with E-state index in [9.17, 15) is 9.59 Å². The summed E-state index contributed by atoms with van der Waals surface area (Å²) in [5.74, 6) is 0.0340. The van der Waals surface area contributed by atoms with Crippen molar-refractivity contribution in [3.63, 3.8) is 0 Å². The molecule has 1 amide bonds. The van der Waals surface area contributed by atoms with Crippen LogP contribution < -0.4 is 10.2 Å². The van der Waals surface area contributed by atoms with Crippen molar-refractivity contribution in [3.8, 4) is 5.75 Å². The number of halogens is 1. The number of nitrogens with one attached hydrogen (secondary N) is 1. The molecule has 8 heteroatoms. The van der Waals surface area contributed by atoms with Crippen LogP contribution in [0, 0.1) is 0 Å². The Morgan fingerprint density at radius 3 is 2.28 bits per heavy atom. The lowest BCUT2D eigenvalue weighted by molar-refractivity contribution is -0.205. The van der Waals surface area contributed by atoms with Crippen LogP contribution in [-0.2, 0) is 25.5 Å². The molecule has 1 heterocycles. The number of carbonyl (C=O) groups is 2. The number of esters is 1. The van der Waals surface area contributed by atoms with Crippen molar-refractivity contribution < 1.29 is 28.6 Å². The summed E-state index contributed by atoms with van der Waals surface area (Å²) in [5.41, 5.74) is 0.247. The molecule has 2 atom stereocenters. The Balaban J connectivity index is 2.23. The topological polar surface area (TPSA) is 83.1 Å². The fraction of sp³-hybridized carbons (Fsp3) is 0.619. The highest BCUT2D eigenvalue weighted by atomic mass is 79.9. The molecule has 2 rings (SSSR count). The first-order valence-corrected chi connectivity index (χ1v) is 10.3. The molecule has 0 fully saturated rings. The van der Waals surface area contributed by atoms with Gasteiger partial charge in [-0.1, -0.05) is 15.9 Å². The Morgan fingerprint density at radius 2 is 1.69 bits per heavy atom. The Kier molecular flexibility index (Phi) is 6.89. The van der Waals surface area contributed by atoms with Gasteiger partial charge >= 0.3 is 12.1 Å². The largest absolute Gasteiger partial charge is 0.486 e. The molecule has 0 saturated heterocycles. The zero-order valence-electron chi connectivity index (χ0n) is 18.1. The van der Waals surface area contributed by atoms with Crippen molar-refractivity contribution in [2.24, 2.45) is 0 Å². The van der Waals surface area contributed by atoms with Gasteiger partial charge in [-0.05, 0) is 85.1 Å². The Hall–Kier alpha value is -1.80. The summed E-state index contributed by atoms with van der Waals surface area (Å²) in [6.07, 6.45) is -0.267. The minimum Gasteiger partial charge on any atom is -0.486 e. The molecule has 1 N–H and O–H groups in total. The maximum Gasteiger partial charge on any atom is 0.431 e. The number of fused-ring (bicyclic) bond motifs is 1. The number of amides is 1. The number of carbonyl (C=O) groups excluding carboxylic acids is 2. The Bertz CT molecular complexity index is 767. The van der Waals surface area contributed by atoms with Crippen molar-refractivity contribution in [2.75, 3.05) is 0 Å². The van der Waals surface area contributed by atoms with Gasteiger partial charge in [-0.25, -0.2) is 14.4 Å². The molecule has 2 unspecified atom stereocenters. The average Bonchev–Trinajstić information content (AvgIpc) is 2.56. The Morgan fingerprint density at radius 1 is 1.07 bits per heavy atom. The van der Waals surface area contributed by atoms with Gasteiger partial charge in [0.15, 0.2) is 0 Å². The summed E-state index contributed by atoms with van der Waals surface area (Å²) in [5, 5.41) is 0. The van der Waals surface area contributed by atoms with Crippen molar-refractivity contribution in [1.82, 2.24) is 5.48 Å². The van der Waals surface area contributed by atoms with E-state index in [0.29, 0.717) is 18.6 Å². The first kappa shape index (κ1) is 23.5. The minimum absolute atomic E-state index is 0.509. The second-order valence-corrected chi connectivity index (χ2v) is 10.1. The van der Waals surface area contributed by atoms with Gasteiger partial charge in [0.2, 0.25) is 5.60 Å². The van der Waals surface area contributed by atoms with Crippen LogP contribution in [-0.4, -0.2) is 35.0 Å². The van der Waals surface area contributed by atoms with Crippen molar-refractivity contribution in [3.05, 3.63) is 28.2 Å². The van der Waals surface area contributed by atoms with Gasteiger partial charge in [-0.3, -0.25) is 0 Å². The fourth-order valence-electron chi connectivity index (χ4n) is 2.81. The van der Waals surface area contributed by atoms with Gasteiger partial charge in [-0.15, -0.1) is 0 Å². The van der Waals surface area contributed by atoms with Crippen molar-refractivity contribution >= 4 is 28.0 Å². The number of benzene rings is 1. The van der Waals surface area contributed by atoms with E-state index in [1.165, 1.54) is 0 Å². The third kappa shape index (κ3) is 6.60. The SMILES string of the molecule is CC(C)(C)OC(=O)NOC(C)(C(=O)OC(C)(C)C)C1CCc2cc(Br)ccc2O1. The fourth-order valence-corrected chi connectivity index (χ4v) is 3.22. The summed E-state index contributed by atoms with van der Waals surface area (Å²) >= 11 is 3.45. The third-order valence-corrected chi connectivity index (χ3v) is 4.62. The summed E-state index contributed by atoms with van der Waals surface area (Å²) in [7, 11) is 0. The predicted octanol–water partition coefficient (Wildman–Crippen LogP) is 4.70. The lowest BCUT2D eigenvalue weighted by Gasteiger charge is -2.38. The van der Waals surface area contributed by atoms with Crippen LogP contribution in [0.2, 0.25) is 0 Å². The Labute approximate surface area is 180 Å². The van der Waals surface area contributed by atoms with Gasteiger partial charge in [0, 0.05) is 4.47 Å². The first-order valence-electron chi connectivity index (χ1n) is 9.55. The zero-order chi connectivity index (χ0) is 22.0. The molecule has 29 heavy (non-hydrogen) atoms. The van der Waals surface area contributed by atoms with Crippen LogP contribution >= 0.6 is 15.9 Å². The number of hydrogen-bond donors (Lipinski definition) is 1. The molecule has 1 aliphatic heterocycles. The van der Waals surface area contributed by atoms with E-state index in [1.807, 2.05) is 18.2 Å². The molecule has 1 aromatic rings. The first-order chi connectivity index (χ1) is 13.2. The standard InChI is InChI=1S/C21H30BrNO6/c1-19(2,3)27-17(24)21(7,29-23-18(25)28-20(4,5)6)16-11-8-13-12-14(22)9-10-15(13)26-16/h9-10,12,16H,8,11H2,1-7H3,(H,23,25). The molecular weight excluding hydrogens is 442 g/mol. The highest BCUT2D eigenvalue weighted by molar-refractivity contribution is 9.10. The minimum atomic E-state index is -1.57. The van der Waals surface area contributed by atoms with Gasteiger partial charge in [0.05, 0.1) is 0 Å². The lowest BCUT2D eigenvalue weighted by atomic mass is 9.90. The number of rotatable bonds is 4. The highest BCUT2D eigenvalue weighted by Crippen LogP contribution is 2.35. The highest BCUT2D eigenvalue weighted by Gasteiger charge is 2.50. The maximum absolute atomic E-state index is 13.0. The van der Waals surface area contributed by atoms with E-state index >= 15 is 0 Å². The number of hydrogen-bond acceptors (Lipinski definition) is 6. The van der Waals surface area contributed by atoms with Crippen LogP contribution in [0.25, 0.3) is 0 Å². The predicted molar refractivity (Wildman–Crippen MR) is 112 cm³/mol. The quantitative estimate of drug-likeness (QED) is 0.505. The van der Waals surface area contributed by atoms with Gasteiger partial charge < -0.3 is 14.2 Å². The molecule has 7 nitrogen and oxygen atoms in total. The monoisotopic (exact) mass is 471 g/mol. The molecule has 0 aliphatic carbocycles. The van der Waals surface area contributed by atoms with Crippen LogP contribution in [0.5, 0.6) is 5.75 Å². The second-order valence-electron chi connectivity index (χ2n) is 9.21. The van der Waals surface area contributed by atoms with Crippen molar-refractivity contribution in [1.29, 1.82) is 0 Å². The van der Waals surface area contributed by atoms with E-state index in [1.54, 1.807) is 48.5 Å². The van der Waals surface area contributed by atoms with Crippen LogP contribution in [0.3, 0.4) is 0 Å². The van der Waals surface area contributed by atoms with Crippen molar-refractivity contribution in [2.45, 2.75) is 84.2 Å². The molecular formula is C21H30BrNO6. The number of aryl methyl sites for hydroxylation is 1. The molecule has 0 aromatic heterocycles. The van der Waals surface area contributed by atoms with Crippen LogP contribution in [0.1, 0.15) is 60.5 Å². The van der Waals surface area contributed by atoms with Gasteiger partial charge in [-0.2, -0.15) is 5.48 Å². The summed E-state index contributed by atoms with van der Waals surface area (Å²) in [6.45, 7) is 12.0. The molecule has 0 bridgehead atoms. The maximum atomic E-state index is 13.0. The molecule has 0 spiro atoms. The molecule has 0 radical (unpaired) electrons. The summed E-state index contributed by atoms with van der Waals surface area (Å²) < 4.78 is 17.8. The van der Waals surface area contributed by atoms with Crippen LogP contribution in [0.4, 0.5) is 4.79 Å². The lowest BCUT2D eigenvalue weighted by Crippen LogP contribution is -2.58. The van der Waals surface area contributed by atoms with Crippen LogP contribution in [0.15, 0.2) is 22.7 Å². The molecule has 162 valence electrons. The number of ether oxygens (including phenoxy) is 3. The summed E-state index contributed by atoms with van der Waals surface area (Å²) in [6, 6.07) is 5.68. The third-order valence-electron chi connectivity index (χ3n) is 4.13. The number of hydroxylamine groups is 1.